The van der Waals surface area contributed by atoms with Crippen LogP contribution in [0, 0.1) is 0 Å². The first kappa shape index (κ1) is 9.47. The third kappa shape index (κ3) is 1.73. The number of nitrogens with one attached hydrogen (secondary N) is 1. The van der Waals surface area contributed by atoms with Crippen LogP contribution in [0.2, 0.25) is 0 Å². The van der Waals surface area contributed by atoms with Gasteiger partial charge in [0.2, 0.25) is 0 Å². The molecular formula is C13H17N. The van der Waals surface area contributed by atoms with E-state index < -0.39 is 0 Å². The summed E-state index contributed by atoms with van der Waals surface area (Å²) < 4.78 is 0. The molecule has 0 fully saturated rings. The van der Waals surface area contributed by atoms with E-state index in [1.54, 1.807) is 0 Å². The molecule has 0 radical (unpaired) electrons. The summed E-state index contributed by atoms with van der Waals surface area (Å²) in [7, 11) is 0. The van der Waals surface area contributed by atoms with Crippen LogP contribution in [-0.2, 0) is 6.42 Å². The molecule has 1 nitrogen and oxygen atoms in total. The zero-order valence-electron chi connectivity index (χ0n) is 8.66. The summed E-state index contributed by atoms with van der Waals surface area (Å²) in [6.45, 7) is 6.03. The van der Waals surface area contributed by atoms with E-state index in [2.05, 4.69) is 43.1 Å². The lowest BCUT2D eigenvalue weighted by molar-refractivity contribution is 0.424. The van der Waals surface area contributed by atoms with Crippen LogP contribution in [0.1, 0.15) is 30.5 Å². The zero-order chi connectivity index (χ0) is 9.97. The van der Waals surface area contributed by atoms with Crippen LogP contribution < -0.4 is 5.32 Å². The van der Waals surface area contributed by atoms with E-state index >= 15 is 0 Å². The Labute approximate surface area is 85.8 Å². The predicted molar refractivity (Wildman–Crippen MR) is 60.3 cm³/mol. The van der Waals surface area contributed by atoms with E-state index in [0.29, 0.717) is 12.1 Å². The molecule has 0 unspecified atom stereocenters. The van der Waals surface area contributed by atoms with Crippen molar-refractivity contribution in [3.63, 3.8) is 0 Å². The molecule has 0 amide bonds. The van der Waals surface area contributed by atoms with Gasteiger partial charge in [-0.25, -0.2) is 0 Å². The largest absolute Gasteiger partial charge is 0.307 e. The third-order valence-electron chi connectivity index (χ3n) is 2.92. The molecule has 0 spiro atoms. The molecular weight excluding hydrogens is 170 g/mol. The van der Waals surface area contributed by atoms with Crippen molar-refractivity contribution in [2.75, 3.05) is 0 Å². The maximum atomic E-state index is 3.80. The van der Waals surface area contributed by atoms with Crippen LogP contribution in [0.5, 0.6) is 0 Å². The smallest absolute Gasteiger partial charge is 0.0297 e. The second kappa shape index (κ2) is 3.97. The minimum Gasteiger partial charge on any atom is -0.307 e. The van der Waals surface area contributed by atoms with Gasteiger partial charge in [-0.1, -0.05) is 30.3 Å². The molecule has 0 saturated carbocycles. The Bertz CT molecular complexity index is 330. The van der Waals surface area contributed by atoms with Gasteiger partial charge >= 0.3 is 0 Å². The monoisotopic (exact) mass is 187 g/mol. The molecule has 0 saturated heterocycles. The van der Waals surface area contributed by atoms with Crippen molar-refractivity contribution in [3.05, 3.63) is 48.0 Å². The number of fused-ring (bicyclic) bond motifs is 1. The van der Waals surface area contributed by atoms with Crippen molar-refractivity contribution in [2.45, 2.75) is 31.8 Å². The Balaban J connectivity index is 2.24. The van der Waals surface area contributed by atoms with E-state index in [4.69, 9.17) is 0 Å². The number of hydrogen-bond donors (Lipinski definition) is 1. The molecule has 1 aliphatic rings. The van der Waals surface area contributed by atoms with Gasteiger partial charge in [0.15, 0.2) is 0 Å². The molecule has 74 valence electrons. The summed E-state index contributed by atoms with van der Waals surface area (Å²) in [5.74, 6) is 0. The van der Waals surface area contributed by atoms with Gasteiger partial charge in [-0.15, -0.1) is 6.58 Å². The van der Waals surface area contributed by atoms with Gasteiger partial charge in [0, 0.05) is 12.1 Å². The molecule has 0 aliphatic carbocycles. The van der Waals surface area contributed by atoms with Crippen LogP contribution in [0.4, 0.5) is 0 Å². The summed E-state index contributed by atoms with van der Waals surface area (Å²) in [4.78, 5) is 0. The summed E-state index contributed by atoms with van der Waals surface area (Å²) in [6.07, 6.45) is 4.18. The van der Waals surface area contributed by atoms with Gasteiger partial charge in [-0.05, 0) is 30.9 Å². The minimum absolute atomic E-state index is 0.477. The van der Waals surface area contributed by atoms with Gasteiger partial charge in [0.1, 0.15) is 0 Å². The average molecular weight is 187 g/mol. The molecule has 0 bridgehead atoms. The first-order valence-corrected chi connectivity index (χ1v) is 5.26. The highest BCUT2D eigenvalue weighted by Gasteiger charge is 2.21. The number of rotatable bonds is 2. The molecule has 1 aromatic carbocycles. The molecule has 2 rings (SSSR count). The Kier molecular flexibility index (Phi) is 2.69. The number of hydrogen-bond acceptors (Lipinski definition) is 1. The Morgan fingerprint density at radius 3 is 3.07 bits per heavy atom. The molecule has 1 aliphatic heterocycles. The normalized spacial score (nSPS) is 25.5. The maximum absolute atomic E-state index is 3.80. The van der Waals surface area contributed by atoms with Crippen molar-refractivity contribution in [1.82, 2.24) is 5.32 Å². The Hall–Kier alpha value is -1.08. The van der Waals surface area contributed by atoms with Crippen molar-refractivity contribution in [3.8, 4) is 0 Å². The van der Waals surface area contributed by atoms with Crippen molar-refractivity contribution in [2.24, 2.45) is 0 Å². The highest BCUT2D eigenvalue weighted by molar-refractivity contribution is 5.32. The van der Waals surface area contributed by atoms with Crippen LogP contribution in [0.15, 0.2) is 36.9 Å². The van der Waals surface area contributed by atoms with E-state index in [1.165, 1.54) is 11.1 Å². The Morgan fingerprint density at radius 2 is 2.29 bits per heavy atom. The molecule has 1 N–H and O–H groups in total. The second-order valence-corrected chi connectivity index (χ2v) is 4.01. The van der Waals surface area contributed by atoms with Gasteiger partial charge in [0.05, 0.1) is 0 Å². The van der Waals surface area contributed by atoms with Gasteiger partial charge < -0.3 is 5.32 Å². The van der Waals surface area contributed by atoms with Crippen molar-refractivity contribution >= 4 is 0 Å². The third-order valence-corrected chi connectivity index (χ3v) is 2.92. The van der Waals surface area contributed by atoms with E-state index in [0.717, 1.165) is 12.8 Å². The summed E-state index contributed by atoms with van der Waals surface area (Å²) >= 11 is 0. The first-order chi connectivity index (χ1) is 6.81. The van der Waals surface area contributed by atoms with Crippen molar-refractivity contribution < 1.29 is 0 Å². The fraction of sp³-hybridized carbons (Fsp3) is 0.385. The SMILES string of the molecule is C=CC[C@H]1Cc2ccccc2[C@H](C)N1. The molecule has 1 aromatic rings. The summed E-state index contributed by atoms with van der Waals surface area (Å²) in [5.41, 5.74) is 2.94. The maximum Gasteiger partial charge on any atom is 0.0297 e. The van der Waals surface area contributed by atoms with Crippen LogP contribution in [0.25, 0.3) is 0 Å². The lowest BCUT2D eigenvalue weighted by Crippen LogP contribution is -2.37. The van der Waals surface area contributed by atoms with E-state index in [9.17, 15) is 0 Å². The Morgan fingerprint density at radius 1 is 1.50 bits per heavy atom. The van der Waals surface area contributed by atoms with Gasteiger partial charge in [0.25, 0.3) is 0 Å². The zero-order valence-corrected chi connectivity index (χ0v) is 8.66. The fourth-order valence-electron chi connectivity index (χ4n) is 2.26. The molecule has 1 heteroatoms. The average Bonchev–Trinajstić information content (AvgIpc) is 2.18. The summed E-state index contributed by atoms with van der Waals surface area (Å²) in [5, 5.41) is 3.60. The second-order valence-electron chi connectivity index (χ2n) is 4.01. The highest BCUT2D eigenvalue weighted by Crippen LogP contribution is 2.25. The lowest BCUT2D eigenvalue weighted by atomic mass is 9.90. The minimum atomic E-state index is 0.477. The predicted octanol–water partition coefficient (Wildman–Crippen LogP) is 2.84. The van der Waals surface area contributed by atoms with Crippen molar-refractivity contribution in [1.29, 1.82) is 0 Å². The van der Waals surface area contributed by atoms with Gasteiger partial charge in [-0.3, -0.25) is 0 Å². The topological polar surface area (TPSA) is 12.0 Å². The first-order valence-electron chi connectivity index (χ1n) is 5.26. The van der Waals surface area contributed by atoms with E-state index in [1.807, 2.05) is 6.08 Å². The van der Waals surface area contributed by atoms with Crippen LogP contribution in [0.3, 0.4) is 0 Å². The summed E-state index contributed by atoms with van der Waals surface area (Å²) in [6, 6.07) is 9.74. The standard InChI is InChI=1S/C13H17N/c1-3-6-12-9-11-7-4-5-8-13(11)10(2)14-12/h3-5,7-8,10,12,14H,1,6,9H2,2H3/t10-,12-/m0/s1. The molecule has 14 heavy (non-hydrogen) atoms. The quantitative estimate of drug-likeness (QED) is 0.702. The van der Waals surface area contributed by atoms with Crippen LogP contribution >= 0.6 is 0 Å². The van der Waals surface area contributed by atoms with E-state index in [-0.39, 0.29) is 0 Å². The highest BCUT2D eigenvalue weighted by atomic mass is 15.0. The van der Waals surface area contributed by atoms with Gasteiger partial charge in [-0.2, -0.15) is 0 Å². The molecule has 2 atom stereocenters. The van der Waals surface area contributed by atoms with Crippen LogP contribution in [-0.4, -0.2) is 6.04 Å². The fourth-order valence-corrected chi connectivity index (χ4v) is 2.26. The molecule has 0 aromatic heterocycles. The lowest BCUT2D eigenvalue weighted by Gasteiger charge is -2.30. The number of benzene rings is 1. The molecule has 1 heterocycles.